The number of benzene rings is 1. The molecule has 8 heteroatoms. The van der Waals surface area contributed by atoms with Crippen LogP contribution >= 0.6 is 11.6 Å². The molecular formula is C15H16ClN5O2. The van der Waals surface area contributed by atoms with E-state index < -0.39 is 0 Å². The van der Waals surface area contributed by atoms with Crippen molar-refractivity contribution in [3.05, 3.63) is 40.4 Å². The summed E-state index contributed by atoms with van der Waals surface area (Å²) in [7, 11) is 0. The molecule has 2 N–H and O–H groups in total. The van der Waals surface area contributed by atoms with Gasteiger partial charge in [-0.15, -0.1) is 10.2 Å². The van der Waals surface area contributed by atoms with E-state index in [-0.39, 0.29) is 18.4 Å². The van der Waals surface area contributed by atoms with E-state index in [0.29, 0.717) is 16.3 Å². The van der Waals surface area contributed by atoms with Crippen LogP contribution in [-0.2, 0) is 24.3 Å². The van der Waals surface area contributed by atoms with Gasteiger partial charge in [-0.1, -0.05) is 11.6 Å². The van der Waals surface area contributed by atoms with Crippen LogP contribution in [-0.4, -0.2) is 26.6 Å². The number of nitrogens with one attached hydrogen (secondary N) is 2. The van der Waals surface area contributed by atoms with Crippen molar-refractivity contribution in [3.8, 4) is 0 Å². The summed E-state index contributed by atoms with van der Waals surface area (Å²) in [6.45, 7) is 2.57. The summed E-state index contributed by atoms with van der Waals surface area (Å²) in [5, 5.41) is 13.9. The van der Waals surface area contributed by atoms with Gasteiger partial charge in [-0.3, -0.25) is 9.59 Å². The maximum Gasteiger partial charge on any atom is 0.253 e. The fraction of sp³-hybridized carbons (Fsp3) is 0.333. The number of rotatable bonds is 4. The van der Waals surface area contributed by atoms with Gasteiger partial charge >= 0.3 is 0 Å². The minimum absolute atomic E-state index is 0.210. The molecule has 0 spiro atoms. The summed E-state index contributed by atoms with van der Waals surface area (Å²) >= 11 is 6.08. The van der Waals surface area contributed by atoms with Gasteiger partial charge in [0.05, 0.1) is 17.1 Å². The number of halogens is 1. The average molecular weight is 334 g/mol. The average Bonchev–Trinajstić information content (AvgIpc) is 3.10. The molecule has 7 nitrogen and oxygen atoms in total. The Morgan fingerprint density at radius 1 is 1.35 bits per heavy atom. The molecule has 23 heavy (non-hydrogen) atoms. The van der Waals surface area contributed by atoms with Crippen LogP contribution in [0.4, 0.5) is 5.69 Å². The summed E-state index contributed by atoms with van der Waals surface area (Å²) in [6, 6.07) is 4.77. The molecular weight excluding hydrogens is 318 g/mol. The minimum atomic E-state index is -0.322. The van der Waals surface area contributed by atoms with Gasteiger partial charge in [0.1, 0.15) is 5.82 Å². The number of nitrogens with zero attached hydrogens (tertiary/aromatic N) is 3. The van der Waals surface area contributed by atoms with Crippen molar-refractivity contribution in [2.24, 2.45) is 0 Å². The van der Waals surface area contributed by atoms with Crippen molar-refractivity contribution in [3.63, 3.8) is 0 Å². The van der Waals surface area contributed by atoms with Gasteiger partial charge in [-0.2, -0.15) is 0 Å². The number of fused-ring (bicyclic) bond motifs is 1. The van der Waals surface area contributed by atoms with Crippen molar-refractivity contribution in [1.82, 2.24) is 20.1 Å². The van der Waals surface area contributed by atoms with Crippen LogP contribution in [0.25, 0.3) is 0 Å². The number of hydrogen-bond acceptors (Lipinski definition) is 4. The Morgan fingerprint density at radius 2 is 2.17 bits per heavy atom. The van der Waals surface area contributed by atoms with Gasteiger partial charge in [0.15, 0.2) is 5.82 Å². The second kappa shape index (κ2) is 6.37. The number of amides is 2. The third-order valence-electron chi connectivity index (χ3n) is 3.62. The SMILES string of the molecule is CC(=O)Nc1ccc(Cl)c(C(=O)NCc2nnc3n2CCC3)c1. The van der Waals surface area contributed by atoms with E-state index in [4.69, 9.17) is 11.6 Å². The molecule has 1 aromatic heterocycles. The van der Waals surface area contributed by atoms with E-state index >= 15 is 0 Å². The summed E-state index contributed by atoms with van der Waals surface area (Å²) in [4.78, 5) is 23.4. The molecule has 1 aliphatic heterocycles. The monoisotopic (exact) mass is 333 g/mol. The maximum absolute atomic E-state index is 12.3. The molecule has 0 saturated heterocycles. The molecule has 0 atom stereocenters. The first-order chi connectivity index (χ1) is 11.0. The number of aromatic nitrogens is 3. The van der Waals surface area contributed by atoms with Crippen LogP contribution in [0.5, 0.6) is 0 Å². The number of hydrogen-bond donors (Lipinski definition) is 2. The molecule has 1 aliphatic rings. The number of carbonyl (C=O) groups is 2. The normalized spacial score (nSPS) is 12.8. The van der Waals surface area contributed by atoms with Gasteiger partial charge in [-0.25, -0.2) is 0 Å². The number of anilines is 1. The summed E-state index contributed by atoms with van der Waals surface area (Å²) < 4.78 is 2.02. The van der Waals surface area contributed by atoms with Crippen LogP contribution in [0, 0.1) is 0 Å². The Kier molecular flexibility index (Phi) is 4.29. The lowest BCUT2D eigenvalue weighted by Crippen LogP contribution is -2.25. The second-order valence-corrected chi connectivity index (χ2v) is 5.75. The van der Waals surface area contributed by atoms with Crippen molar-refractivity contribution >= 4 is 29.1 Å². The van der Waals surface area contributed by atoms with Crippen LogP contribution in [0.2, 0.25) is 5.02 Å². The van der Waals surface area contributed by atoms with Crippen LogP contribution in [0.15, 0.2) is 18.2 Å². The highest BCUT2D eigenvalue weighted by atomic mass is 35.5. The largest absolute Gasteiger partial charge is 0.345 e. The number of carbonyl (C=O) groups excluding carboxylic acids is 2. The van der Waals surface area contributed by atoms with E-state index in [2.05, 4.69) is 20.8 Å². The van der Waals surface area contributed by atoms with E-state index in [1.807, 2.05) is 4.57 Å². The van der Waals surface area contributed by atoms with E-state index in [9.17, 15) is 9.59 Å². The lowest BCUT2D eigenvalue weighted by Gasteiger charge is -2.09. The zero-order valence-electron chi connectivity index (χ0n) is 12.6. The molecule has 0 saturated carbocycles. The predicted molar refractivity (Wildman–Crippen MR) is 85.3 cm³/mol. The zero-order chi connectivity index (χ0) is 16.4. The molecule has 3 rings (SSSR count). The van der Waals surface area contributed by atoms with Crippen LogP contribution in [0.1, 0.15) is 35.4 Å². The molecule has 0 radical (unpaired) electrons. The van der Waals surface area contributed by atoms with Gasteiger partial charge < -0.3 is 15.2 Å². The van der Waals surface area contributed by atoms with Crippen LogP contribution < -0.4 is 10.6 Å². The Bertz CT molecular complexity index is 771. The molecule has 120 valence electrons. The van der Waals surface area contributed by atoms with Crippen molar-refractivity contribution < 1.29 is 9.59 Å². The van der Waals surface area contributed by atoms with Gasteiger partial charge in [-0.05, 0) is 24.6 Å². The van der Waals surface area contributed by atoms with Gasteiger partial charge in [0.25, 0.3) is 5.91 Å². The first kappa shape index (κ1) is 15.5. The fourth-order valence-electron chi connectivity index (χ4n) is 2.58. The maximum atomic E-state index is 12.3. The Hall–Kier alpha value is -2.41. The molecule has 0 fully saturated rings. The smallest absolute Gasteiger partial charge is 0.253 e. The first-order valence-electron chi connectivity index (χ1n) is 7.31. The minimum Gasteiger partial charge on any atom is -0.345 e. The van der Waals surface area contributed by atoms with Gasteiger partial charge in [0.2, 0.25) is 5.91 Å². The topological polar surface area (TPSA) is 88.9 Å². The Labute approximate surface area is 138 Å². The quantitative estimate of drug-likeness (QED) is 0.892. The van der Waals surface area contributed by atoms with E-state index in [1.165, 1.54) is 6.92 Å². The lowest BCUT2D eigenvalue weighted by molar-refractivity contribution is -0.114. The highest BCUT2D eigenvalue weighted by Gasteiger charge is 2.18. The molecule has 2 amide bonds. The Balaban J connectivity index is 1.71. The molecule has 0 unspecified atom stereocenters. The zero-order valence-corrected chi connectivity index (χ0v) is 13.4. The van der Waals surface area contributed by atoms with E-state index in [0.717, 1.165) is 31.0 Å². The molecule has 1 aromatic carbocycles. The first-order valence-corrected chi connectivity index (χ1v) is 7.68. The van der Waals surface area contributed by atoms with Gasteiger partial charge in [0, 0.05) is 25.6 Å². The number of aryl methyl sites for hydroxylation is 1. The molecule has 0 bridgehead atoms. The molecule has 0 aliphatic carbocycles. The molecule has 2 aromatic rings. The Morgan fingerprint density at radius 3 is 2.96 bits per heavy atom. The van der Waals surface area contributed by atoms with Crippen molar-refractivity contribution in [2.45, 2.75) is 32.9 Å². The summed E-state index contributed by atoms with van der Waals surface area (Å²) in [6.07, 6.45) is 1.97. The van der Waals surface area contributed by atoms with Crippen molar-refractivity contribution in [2.75, 3.05) is 5.32 Å². The fourth-order valence-corrected chi connectivity index (χ4v) is 2.78. The summed E-state index contributed by atoms with van der Waals surface area (Å²) in [5.41, 5.74) is 0.828. The summed E-state index contributed by atoms with van der Waals surface area (Å²) in [5.74, 6) is 1.16. The second-order valence-electron chi connectivity index (χ2n) is 5.35. The highest BCUT2D eigenvalue weighted by Crippen LogP contribution is 2.21. The third-order valence-corrected chi connectivity index (χ3v) is 3.95. The van der Waals surface area contributed by atoms with E-state index in [1.54, 1.807) is 18.2 Å². The predicted octanol–water partition coefficient (Wildman–Crippen LogP) is 1.77. The standard InChI is InChI=1S/C15H16ClN5O2/c1-9(22)18-10-4-5-12(16)11(7-10)15(23)17-8-14-20-19-13-3-2-6-21(13)14/h4-5,7H,2-3,6,8H2,1H3,(H,17,23)(H,18,22). The van der Waals surface area contributed by atoms with Crippen molar-refractivity contribution in [1.29, 1.82) is 0 Å². The third kappa shape index (κ3) is 3.34. The lowest BCUT2D eigenvalue weighted by atomic mass is 10.2. The highest BCUT2D eigenvalue weighted by molar-refractivity contribution is 6.34. The van der Waals surface area contributed by atoms with Crippen LogP contribution in [0.3, 0.4) is 0 Å². The molecule has 2 heterocycles.